The average Bonchev–Trinajstić information content (AvgIpc) is 3.19. The Hall–Kier alpha value is -1.00. The van der Waals surface area contributed by atoms with Gasteiger partial charge in [-0.05, 0) is 31.6 Å². The van der Waals surface area contributed by atoms with Crippen LogP contribution in [0.15, 0.2) is 11.4 Å². The van der Waals surface area contributed by atoms with E-state index in [1.54, 1.807) is 13.3 Å². The van der Waals surface area contributed by atoms with Gasteiger partial charge in [0, 0.05) is 53.0 Å². The van der Waals surface area contributed by atoms with E-state index >= 15 is 0 Å². The van der Waals surface area contributed by atoms with E-state index in [2.05, 4.69) is 14.8 Å². The summed E-state index contributed by atoms with van der Waals surface area (Å²) < 4.78 is 38.9. The van der Waals surface area contributed by atoms with Gasteiger partial charge in [-0.3, -0.25) is 9.80 Å². The molecule has 1 aromatic heterocycles. The summed E-state index contributed by atoms with van der Waals surface area (Å²) in [6.07, 6.45) is 5.92. The Morgan fingerprint density at radius 3 is 2.59 bits per heavy atom. The van der Waals surface area contributed by atoms with Crippen LogP contribution in [0.1, 0.15) is 31.4 Å². The van der Waals surface area contributed by atoms with E-state index in [0.29, 0.717) is 12.5 Å². The lowest BCUT2D eigenvalue weighted by atomic mass is 10.2. The van der Waals surface area contributed by atoms with Gasteiger partial charge in [0.25, 0.3) is 0 Å². The van der Waals surface area contributed by atoms with Gasteiger partial charge in [0.2, 0.25) is 15.0 Å². The molecule has 1 aromatic rings. The normalized spacial score (nSPS) is 24.4. The first kappa shape index (κ1) is 21.2. The molecule has 29 heavy (non-hydrogen) atoms. The SMILES string of the molecule is COCCN1CCN(Cc2cnc(S(=O)(=O)CC3CC3)n2CC2CCCO2)CC1. The van der Waals surface area contributed by atoms with Crippen molar-refractivity contribution in [2.75, 3.05) is 58.8 Å². The molecule has 0 aromatic carbocycles. The topological polar surface area (TPSA) is 76.9 Å². The number of sulfone groups is 1. The van der Waals surface area contributed by atoms with Crippen molar-refractivity contribution in [2.45, 2.75) is 50.0 Å². The third-order valence-corrected chi connectivity index (χ3v) is 8.00. The monoisotopic (exact) mass is 426 g/mol. The number of hydrogen-bond donors (Lipinski definition) is 0. The number of hydrogen-bond acceptors (Lipinski definition) is 7. The summed E-state index contributed by atoms with van der Waals surface area (Å²) in [5, 5.41) is 0.244. The second-order valence-corrected chi connectivity index (χ2v) is 10.5. The van der Waals surface area contributed by atoms with E-state index in [-0.39, 0.29) is 17.0 Å². The number of ether oxygens (including phenoxy) is 2. The van der Waals surface area contributed by atoms with Crippen molar-refractivity contribution < 1.29 is 17.9 Å². The summed E-state index contributed by atoms with van der Waals surface area (Å²) in [4.78, 5) is 9.20. The van der Waals surface area contributed by atoms with E-state index in [4.69, 9.17) is 9.47 Å². The molecular formula is C20H34N4O4S. The van der Waals surface area contributed by atoms with E-state index in [9.17, 15) is 8.42 Å². The molecule has 0 bridgehead atoms. The van der Waals surface area contributed by atoms with Crippen molar-refractivity contribution in [3.63, 3.8) is 0 Å². The highest BCUT2D eigenvalue weighted by molar-refractivity contribution is 7.91. The molecule has 2 saturated heterocycles. The summed E-state index contributed by atoms with van der Waals surface area (Å²) in [6.45, 7) is 7.77. The summed E-state index contributed by atoms with van der Waals surface area (Å²) in [5.74, 6) is 0.546. The zero-order valence-electron chi connectivity index (χ0n) is 17.5. The third-order valence-electron chi connectivity index (χ3n) is 6.20. The molecule has 0 amide bonds. The van der Waals surface area contributed by atoms with Crippen molar-refractivity contribution in [3.8, 4) is 0 Å². The molecule has 1 atom stereocenters. The maximum Gasteiger partial charge on any atom is 0.227 e. The van der Waals surface area contributed by atoms with Crippen molar-refractivity contribution in [2.24, 2.45) is 5.92 Å². The fourth-order valence-electron chi connectivity index (χ4n) is 4.24. The molecule has 0 N–H and O–H groups in total. The predicted octanol–water partition coefficient (Wildman–Crippen LogP) is 1.01. The molecule has 9 heteroatoms. The van der Waals surface area contributed by atoms with Crippen LogP contribution in [0.5, 0.6) is 0 Å². The molecule has 0 spiro atoms. The minimum atomic E-state index is -3.35. The van der Waals surface area contributed by atoms with Gasteiger partial charge in [0.1, 0.15) is 0 Å². The Labute approximate surface area is 174 Å². The largest absolute Gasteiger partial charge is 0.383 e. The highest BCUT2D eigenvalue weighted by Crippen LogP contribution is 2.32. The zero-order chi connectivity index (χ0) is 20.3. The molecule has 1 unspecified atom stereocenters. The van der Waals surface area contributed by atoms with Crippen LogP contribution in [0.25, 0.3) is 0 Å². The quantitative estimate of drug-likeness (QED) is 0.553. The third kappa shape index (κ3) is 5.58. The summed E-state index contributed by atoms with van der Waals surface area (Å²) in [6, 6.07) is 0. The number of nitrogens with zero attached hydrogens (tertiary/aromatic N) is 4. The fraction of sp³-hybridized carbons (Fsp3) is 0.850. The second kappa shape index (κ2) is 9.43. The van der Waals surface area contributed by atoms with Gasteiger partial charge in [-0.2, -0.15) is 0 Å². The highest BCUT2D eigenvalue weighted by Gasteiger charge is 2.33. The first-order chi connectivity index (χ1) is 14.0. The van der Waals surface area contributed by atoms with E-state index < -0.39 is 9.84 Å². The maximum atomic E-state index is 13.0. The minimum absolute atomic E-state index is 0.0868. The number of piperazine rings is 1. The average molecular weight is 427 g/mol. The van der Waals surface area contributed by atoms with Crippen LogP contribution in [-0.2, 0) is 32.4 Å². The van der Waals surface area contributed by atoms with Crippen LogP contribution in [0.2, 0.25) is 0 Å². The van der Waals surface area contributed by atoms with Gasteiger partial charge < -0.3 is 14.0 Å². The molecule has 0 radical (unpaired) electrons. The standard InChI is InChI=1S/C20H34N4O4S/c1-27-12-10-22-6-8-23(9-7-22)14-18-13-21-20(29(25,26)16-17-4-5-17)24(18)15-19-3-2-11-28-19/h13,17,19H,2-12,14-16H2,1H3. The summed E-state index contributed by atoms with van der Waals surface area (Å²) in [7, 11) is -1.62. The Balaban J connectivity index is 1.46. The van der Waals surface area contributed by atoms with Crippen LogP contribution < -0.4 is 0 Å². The number of aromatic nitrogens is 2. The van der Waals surface area contributed by atoms with Gasteiger partial charge in [0.15, 0.2) is 0 Å². The Morgan fingerprint density at radius 1 is 1.17 bits per heavy atom. The first-order valence-corrected chi connectivity index (χ1v) is 12.5. The highest BCUT2D eigenvalue weighted by atomic mass is 32.2. The van der Waals surface area contributed by atoms with E-state index in [1.165, 1.54) is 0 Å². The molecule has 8 nitrogen and oxygen atoms in total. The van der Waals surface area contributed by atoms with Crippen molar-refractivity contribution in [3.05, 3.63) is 11.9 Å². The molecule has 3 aliphatic rings. The molecule has 3 fully saturated rings. The maximum absolute atomic E-state index is 13.0. The fourth-order valence-corrected chi connectivity index (χ4v) is 6.09. The summed E-state index contributed by atoms with van der Waals surface area (Å²) in [5.41, 5.74) is 0.986. The Bertz CT molecular complexity index is 763. The van der Waals surface area contributed by atoms with Crippen LogP contribution >= 0.6 is 0 Å². The van der Waals surface area contributed by atoms with Gasteiger partial charge in [-0.25, -0.2) is 13.4 Å². The number of methoxy groups -OCH3 is 1. The lowest BCUT2D eigenvalue weighted by Gasteiger charge is -2.34. The van der Waals surface area contributed by atoms with Gasteiger partial charge >= 0.3 is 0 Å². The van der Waals surface area contributed by atoms with E-state index in [1.807, 2.05) is 4.57 Å². The molecule has 4 rings (SSSR count). The molecule has 3 heterocycles. The van der Waals surface area contributed by atoms with Gasteiger partial charge in [-0.1, -0.05) is 0 Å². The molecule has 2 aliphatic heterocycles. The number of rotatable bonds is 10. The van der Waals surface area contributed by atoms with Crippen molar-refractivity contribution in [1.82, 2.24) is 19.4 Å². The zero-order valence-corrected chi connectivity index (χ0v) is 18.3. The first-order valence-electron chi connectivity index (χ1n) is 10.9. The van der Waals surface area contributed by atoms with Crippen molar-refractivity contribution in [1.29, 1.82) is 0 Å². The lowest BCUT2D eigenvalue weighted by molar-refractivity contribution is 0.0859. The minimum Gasteiger partial charge on any atom is -0.383 e. The molecular weight excluding hydrogens is 392 g/mol. The van der Waals surface area contributed by atoms with E-state index in [0.717, 1.165) is 83.9 Å². The van der Waals surface area contributed by atoms with Crippen LogP contribution in [0.3, 0.4) is 0 Å². The number of imidazole rings is 1. The molecule has 1 saturated carbocycles. The Kier molecular flexibility index (Phi) is 6.91. The van der Waals surface area contributed by atoms with Crippen LogP contribution in [0.4, 0.5) is 0 Å². The smallest absolute Gasteiger partial charge is 0.227 e. The van der Waals surface area contributed by atoms with Crippen LogP contribution in [-0.4, -0.2) is 92.7 Å². The van der Waals surface area contributed by atoms with Gasteiger partial charge in [0.05, 0.1) is 36.9 Å². The molecule has 164 valence electrons. The molecule has 1 aliphatic carbocycles. The predicted molar refractivity (Wildman–Crippen MR) is 110 cm³/mol. The summed E-state index contributed by atoms with van der Waals surface area (Å²) >= 11 is 0. The van der Waals surface area contributed by atoms with Crippen molar-refractivity contribution >= 4 is 9.84 Å². The lowest BCUT2D eigenvalue weighted by Crippen LogP contribution is -2.47. The van der Waals surface area contributed by atoms with Crippen LogP contribution in [0, 0.1) is 5.92 Å². The van der Waals surface area contributed by atoms with Gasteiger partial charge in [-0.15, -0.1) is 0 Å². The second-order valence-electron chi connectivity index (χ2n) is 8.61. The Morgan fingerprint density at radius 2 is 1.93 bits per heavy atom.